The summed E-state index contributed by atoms with van der Waals surface area (Å²) in [6.07, 6.45) is -0.557. The fraction of sp³-hybridized carbons (Fsp3) is 0.417. The number of carbonyl (C=O) groups is 2. The highest BCUT2D eigenvalue weighted by atomic mass is 19.4. The van der Waals surface area contributed by atoms with Gasteiger partial charge in [0.05, 0.1) is 28.6 Å². The predicted molar refractivity (Wildman–Crippen MR) is 126 cm³/mol. The molecule has 3 aromatic heterocycles. The van der Waals surface area contributed by atoms with Gasteiger partial charge in [-0.25, -0.2) is 9.97 Å². The van der Waals surface area contributed by atoms with Crippen LogP contribution in [0.4, 0.5) is 18.9 Å². The molecular weight excluding hydrogens is 477 g/mol. The van der Waals surface area contributed by atoms with Gasteiger partial charge in [-0.3, -0.25) is 9.59 Å². The van der Waals surface area contributed by atoms with E-state index in [1.807, 2.05) is 11.9 Å². The summed E-state index contributed by atoms with van der Waals surface area (Å²) < 4.78 is 40.8. The molecule has 2 amide bonds. The Morgan fingerprint density at radius 1 is 1.14 bits per heavy atom. The van der Waals surface area contributed by atoms with Crippen LogP contribution < -0.4 is 10.6 Å². The molecule has 192 valence electrons. The molecule has 0 aliphatic carbocycles. The standard InChI is InChI=1S/C24H27F3N6O3/c1-23(2,36)8-7-14-12-33-13-18(31-22(35)17-5-4-6-19(30-17)24(25,26)27)16(9-20(33)28-14)21(34)29-15-10-32(3)11-15/h4-6,9,12-13,15,36H,7-8,10-11H2,1-3H3,(H,29,34)(H,31,35). The van der Waals surface area contributed by atoms with Crippen molar-refractivity contribution in [2.24, 2.45) is 0 Å². The number of rotatable bonds is 7. The van der Waals surface area contributed by atoms with E-state index in [0.717, 1.165) is 12.1 Å². The van der Waals surface area contributed by atoms with Crippen LogP contribution >= 0.6 is 0 Å². The van der Waals surface area contributed by atoms with Gasteiger partial charge in [-0.05, 0) is 51.9 Å². The molecule has 3 N–H and O–H groups in total. The van der Waals surface area contributed by atoms with E-state index in [1.54, 1.807) is 24.4 Å². The topological polar surface area (TPSA) is 112 Å². The van der Waals surface area contributed by atoms with Crippen LogP contribution in [0.15, 0.2) is 36.7 Å². The first-order valence-corrected chi connectivity index (χ1v) is 11.4. The van der Waals surface area contributed by atoms with E-state index in [0.29, 0.717) is 37.3 Å². The first-order valence-electron chi connectivity index (χ1n) is 11.4. The number of amides is 2. The lowest BCUT2D eigenvalue weighted by molar-refractivity contribution is -0.141. The molecule has 1 aliphatic rings. The molecule has 0 aromatic carbocycles. The first kappa shape index (κ1) is 25.6. The Morgan fingerprint density at radius 2 is 1.86 bits per heavy atom. The lowest BCUT2D eigenvalue weighted by Gasteiger charge is -2.36. The molecule has 1 aliphatic heterocycles. The van der Waals surface area contributed by atoms with Gasteiger partial charge in [0.1, 0.15) is 17.0 Å². The van der Waals surface area contributed by atoms with E-state index >= 15 is 0 Å². The van der Waals surface area contributed by atoms with Crippen LogP contribution in [0.5, 0.6) is 0 Å². The van der Waals surface area contributed by atoms with Gasteiger partial charge < -0.3 is 25.0 Å². The van der Waals surface area contributed by atoms with Crippen LogP contribution in [0.1, 0.15) is 52.5 Å². The maximum absolute atomic E-state index is 13.1. The molecule has 36 heavy (non-hydrogen) atoms. The third kappa shape index (κ3) is 6.00. The Balaban J connectivity index is 1.65. The maximum Gasteiger partial charge on any atom is 0.433 e. The zero-order valence-electron chi connectivity index (χ0n) is 20.1. The highest BCUT2D eigenvalue weighted by molar-refractivity contribution is 6.08. The van der Waals surface area contributed by atoms with Gasteiger partial charge in [-0.1, -0.05) is 6.07 Å². The second-order valence-corrected chi connectivity index (χ2v) is 9.66. The van der Waals surface area contributed by atoms with E-state index in [9.17, 15) is 27.9 Å². The van der Waals surface area contributed by atoms with Crippen LogP contribution in [0, 0.1) is 0 Å². The number of anilines is 1. The van der Waals surface area contributed by atoms with Gasteiger partial charge in [-0.15, -0.1) is 0 Å². The van der Waals surface area contributed by atoms with E-state index < -0.39 is 35.0 Å². The number of nitrogens with zero attached hydrogens (tertiary/aromatic N) is 4. The Morgan fingerprint density at radius 3 is 2.50 bits per heavy atom. The zero-order chi connectivity index (χ0) is 26.3. The number of carbonyl (C=O) groups excluding carboxylic acids is 2. The zero-order valence-corrected chi connectivity index (χ0v) is 20.1. The SMILES string of the molecule is CN1CC(NC(=O)c2cc3nc(CCC(C)(C)O)cn3cc2NC(=O)c2cccc(C(F)(F)F)n2)C1. The quantitative estimate of drug-likeness (QED) is 0.456. The second kappa shape index (κ2) is 9.51. The number of likely N-dealkylation sites (tertiary alicyclic amines) is 1. The molecule has 0 atom stereocenters. The van der Waals surface area contributed by atoms with Crippen LogP contribution in [-0.4, -0.2) is 68.0 Å². The van der Waals surface area contributed by atoms with Crippen molar-refractivity contribution in [3.05, 3.63) is 59.3 Å². The highest BCUT2D eigenvalue weighted by Crippen LogP contribution is 2.28. The van der Waals surface area contributed by atoms with Crippen LogP contribution in [-0.2, 0) is 12.6 Å². The largest absolute Gasteiger partial charge is 0.433 e. The lowest BCUT2D eigenvalue weighted by atomic mass is 10.0. The molecule has 4 heterocycles. The number of imidazole rings is 1. The van der Waals surface area contributed by atoms with Crippen molar-refractivity contribution in [1.29, 1.82) is 0 Å². The Kier molecular flexibility index (Phi) is 6.76. The highest BCUT2D eigenvalue weighted by Gasteiger charge is 2.33. The normalized spacial score (nSPS) is 15.1. The summed E-state index contributed by atoms with van der Waals surface area (Å²) in [5.41, 5.74) is -1.16. The van der Waals surface area contributed by atoms with Crippen molar-refractivity contribution in [2.75, 3.05) is 25.5 Å². The van der Waals surface area contributed by atoms with Gasteiger partial charge in [0.25, 0.3) is 11.8 Å². The second-order valence-electron chi connectivity index (χ2n) is 9.66. The lowest BCUT2D eigenvalue weighted by Crippen LogP contribution is -2.57. The van der Waals surface area contributed by atoms with Gasteiger partial charge in [0, 0.05) is 25.5 Å². The third-order valence-electron chi connectivity index (χ3n) is 5.80. The summed E-state index contributed by atoms with van der Waals surface area (Å²) in [6.45, 7) is 4.74. The molecule has 1 saturated heterocycles. The molecule has 0 saturated carbocycles. The van der Waals surface area contributed by atoms with Crippen LogP contribution in [0.25, 0.3) is 5.65 Å². The number of nitrogens with one attached hydrogen (secondary N) is 2. The van der Waals surface area contributed by atoms with Gasteiger partial charge in [0.2, 0.25) is 0 Å². The average molecular weight is 505 g/mol. The smallest absolute Gasteiger partial charge is 0.390 e. The molecule has 0 bridgehead atoms. The molecule has 0 spiro atoms. The summed E-state index contributed by atoms with van der Waals surface area (Å²) in [7, 11) is 1.92. The molecule has 9 nitrogen and oxygen atoms in total. The summed E-state index contributed by atoms with van der Waals surface area (Å²) >= 11 is 0. The Labute approximate surface area is 205 Å². The van der Waals surface area contributed by atoms with Crippen molar-refractivity contribution in [3.8, 4) is 0 Å². The summed E-state index contributed by atoms with van der Waals surface area (Å²) in [6, 6.07) is 4.49. The fourth-order valence-electron chi connectivity index (χ4n) is 3.89. The number of pyridine rings is 2. The molecule has 12 heteroatoms. The summed E-state index contributed by atoms with van der Waals surface area (Å²) in [4.78, 5) is 35.9. The molecular formula is C24H27F3N6O3. The average Bonchev–Trinajstić information content (AvgIpc) is 3.17. The minimum atomic E-state index is -4.70. The van der Waals surface area contributed by atoms with Crippen molar-refractivity contribution < 1.29 is 27.9 Å². The Hall–Kier alpha value is -3.51. The maximum atomic E-state index is 13.1. The minimum Gasteiger partial charge on any atom is -0.390 e. The van der Waals surface area contributed by atoms with Crippen molar-refractivity contribution in [2.45, 2.75) is 44.5 Å². The number of hydrogen-bond donors (Lipinski definition) is 3. The molecule has 1 fully saturated rings. The number of aliphatic hydroxyl groups is 1. The van der Waals surface area contributed by atoms with E-state index in [2.05, 4.69) is 20.6 Å². The summed E-state index contributed by atoms with van der Waals surface area (Å²) in [5.74, 6) is -1.33. The number of halogens is 3. The number of hydrogen-bond acceptors (Lipinski definition) is 6. The molecule has 0 radical (unpaired) electrons. The predicted octanol–water partition coefficient (Wildman–Crippen LogP) is 2.75. The van der Waals surface area contributed by atoms with Crippen molar-refractivity contribution in [3.63, 3.8) is 0 Å². The number of aromatic nitrogens is 3. The first-order chi connectivity index (χ1) is 16.8. The third-order valence-corrected chi connectivity index (χ3v) is 5.80. The van der Waals surface area contributed by atoms with Crippen molar-refractivity contribution in [1.82, 2.24) is 24.6 Å². The van der Waals surface area contributed by atoms with E-state index in [-0.39, 0.29) is 17.3 Å². The Bertz CT molecular complexity index is 1290. The molecule has 3 aromatic rings. The van der Waals surface area contributed by atoms with Gasteiger partial charge in [-0.2, -0.15) is 13.2 Å². The monoisotopic (exact) mass is 504 g/mol. The molecule has 4 rings (SSSR count). The minimum absolute atomic E-state index is 0.0606. The molecule has 0 unspecified atom stereocenters. The summed E-state index contributed by atoms with van der Waals surface area (Å²) in [5, 5.41) is 15.4. The van der Waals surface area contributed by atoms with Gasteiger partial charge in [0.15, 0.2) is 0 Å². The van der Waals surface area contributed by atoms with E-state index in [4.69, 9.17) is 0 Å². The van der Waals surface area contributed by atoms with E-state index in [1.165, 1.54) is 18.3 Å². The van der Waals surface area contributed by atoms with Gasteiger partial charge >= 0.3 is 6.18 Å². The number of aryl methyl sites for hydroxylation is 1. The van der Waals surface area contributed by atoms with Crippen LogP contribution in [0.3, 0.4) is 0 Å². The number of alkyl halides is 3. The fourth-order valence-corrected chi connectivity index (χ4v) is 3.89. The van der Waals surface area contributed by atoms with Crippen LogP contribution in [0.2, 0.25) is 0 Å². The number of likely N-dealkylation sites (N-methyl/N-ethyl adjacent to an activating group) is 1. The number of fused-ring (bicyclic) bond motifs is 1. The van der Waals surface area contributed by atoms with Crippen molar-refractivity contribution >= 4 is 23.1 Å².